The lowest BCUT2D eigenvalue weighted by atomic mass is 10.0. The smallest absolute Gasteiger partial charge is 0.339 e. The van der Waals surface area contributed by atoms with Crippen molar-refractivity contribution in [3.8, 4) is 0 Å². The van der Waals surface area contributed by atoms with Gasteiger partial charge in [-0.2, -0.15) is 0 Å². The number of aryl methyl sites for hydroxylation is 1. The second kappa shape index (κ2) is 8.61. The van der Waals surface area contributed by atoms with Gasteiger partial charge in [0.05, 0.1) is 12.7 Å². The number of esters is 1. The lowest BCUT2D eigenvalue weighted by Crippen LogP contribution is -2.36. The molecule has 0 saturated carbocycles. The van der Waals surface area contributed by atoms with Gasteiger partial charge >= 0.3 is 5.97 Å². The van der Waals surface area contributed by atoms with Crippen LogP contribution in [0.1, 0.15) is 63.9 Å². The Kier molecular flexibility index (Phi) is 6.19. The van der Waals surface area contributed by atoms with E-state index in [2.05, 4.69) is 34.3 Å². The van der Waals surface area contributed by atoms with Crippen molar-refractivity contribution in [1.29, 1.82) is 0 Å². The summed E-state index contributed by atoms with van der Waals surface area (Å²) in [4.78, 5) is 30.1. The SMILES string of the molecule is COC(=O)c1c(C)[nH]c(C(=O)Nc2ccc(CN3CCCCC3C)cc2)c1C. The monoisotopic (exact) mass is 383 g/mol. The highest BCUT2D eigenvalue weighted by atomic mass is 16.5. The highest BCUT2D eigenvalue weighted by Crippen LogP contribution is 2.22. The topological polar surface area (TPSA) is 74.4 Å². The molecule has 150 valence electrons. The molecule has 1 saturated heterocycles. The number of ether oxygens (including phenoxy) is 1. The van der Waals surface area contributed by atoms with Gasteiger partial charge in [-0.25, -0.2) is 4.79 Å². The Morgan fingerprint density at radius 3 is 2.57 bits per heavy atom. The fourth-order valence-corrected chi connectivity index (χ4v) is 3.90. The molecular weight excluding hydrogens is 354 g/mol. The van der Waals surface area contributed by atoms with Crippen LogP contribution < -0.4 is 5.32 Å². The van der Waals surface area contributed by atoms with Crippen LogP contribution in [0.4, 0.5) is 5.69 Å². The summed E-state index contributed by atoms with van der Waals surface area (Å²) in [6, 6.07) is 8.59. The zero-order valence-corrected chi connectivity index (χ0v) is 17.1. The Morgan fingerprint density at radius 1 is 1.21 bits per heavy atom. The molecule has 1 aromatic carbocycles. The number of methoxy groups -OCH3 is 1. The number of aromatic amines is 1. The number of hydrogen-bond donors (Lipinski definition) is 2. The summed E-state index contributed by atoms with van der Waals surface area (Å²) >= 11 is 0. The predicted molar refractivity (Wildman–Crippen MR) is 110 cm³/mol. The Balaban J connectivity index is 1.67. The number of nitrogens with one attached hydrogen (secondary N) is 2. The van der Waals surface area contributed by atoms with Crippen molar-refractivity contribution in [2.45, 2.75) is 52.6 Å². The van der Waals surface area contributed by atoms with E-state index in [1.165, 1.54) is 31.9 Å². The molecule has 1 fully saturated rings. The van der Waals surface area contributed by atoms with Crippen LogP contribution >= 0.6 is 0 Å². The van der Waals surface area contributed by atoms with Crippen molar-refractivity contribution in [1.82, 2.24) is 9.88 Å². The molecule has 1 aromatic heterocycles. The summed E-state index contributed by atoms with van der Waals surface area (Å²) in [7, 11) is 1.33. The first-order valence-electron chi connectivity index (χ1n) is 9.82. The first-order chi connectivity index (χ1) is 13.4. The Morgan fingerprint density at radius 2 is 1.93 bits per heavy atom. The van der Waals surface area contributed by atoms with Gasteiger partial charge in [-0.1, -0.05) is 18.6 Å². The number of aromatic nitrogens is 1. The number of amides is 1. The highest BCUT2D eigenvalue weighted by Gasteiger charge is 2.22. The van der Waals surface area contributed by atoms with Crippen LogP contribution in [0.5, 0.6) is 0 Å². The lowest BCUT2D eigenvalue weighted by Gasteiger charge is -2.33. The fourth-order valence-electron chi connectivity index (χ4n) is 3.90. The van der Waals surface area contributed by atoms with Gasteiger partial charge in [-0.05, 0) is 63.4 Å². The van der Waals surface area contributed by atoms with Crippen LogP contribution in [0.3, 0.4) is 0 Å². The van der Waals surface area contributed by atoms with Crippen LogP contribution in [0.15, 0.2) is 24.3 Å². The van der Waals surface area contributed by atoms with Gasteiger partial charge < -0.3 is 15.0 Å². The normalized spacial score (nSPS) is 17.4. The third kappa shape index (κ3) is 4.28. The number of carbonyl (C=O) groups excluding carboxylic acids is 2. The van der Waals surface area contributed by atoms with E-state index in [9.17, 15) is 9.59 Å². The van der Waals surface area contributed by atoms with Gasteiger partial charge in [0.1, 0.15) is 5.69 Å². The van der Waals surface area contributed by atoms with Crippen molar-refractivity contribution in [3.63, 3.8) is 0 Å². The number of piperidine rings is 1. The molecule has 1 amide bonds. The highest BCUT2D eigenvalue weighted by molar-refractivity contribution is 6.06. The summed E-state index contributed by atoms with van der Waals surface area (Å²) in [5.41, 5.74) is 3.99. The van der Waals surface area contributed by atoms with Gasteiger partial charge in [0.2, 0.25) is 0 Å². The molecule has 2 N–H and O–H groups in total. The number of nitrogens with zero attached hydrogens (tertiary/aromatic N) is 1. The number of rotatable bonds is 5. The molecule has 2 aromatic rings. The molecule has 2 heterocycles. The van der Waals surface area contributed by atoms with E-state index in [0.29, 0.717) is 28.6 Å². The van der Waals surface area contributed by atoms with Gasteiger partial charge in [-0.15, -0.1) is 0 Å². The lowest BCUT2D eigenvalue weighted by molar-refractivity contribution is 0.0599. The Bertz CT molecular complexity index is 855. The fraction of sp³-hybridized carbons (Fsp3) is 0.455. The second-order valence-corrected chi connectivity index (χ2v) is 7.58. The van der Waals surface area contributed by atoms with Crippen LogP contribution in [-0.4, -0.2) is 41.5 Å². The van der Waals surface area contributed by atoms with Crippen LogP contribution in [-0.2, 0) is 11.3 Å². The quantitative estimate of drug-likeness (QED) is 0.764. The second-order valence-electron chi connectivity index (χ2n) is 7.58. The summed E-state index contributed by atoms with van der Waals surface area (Å²) in [5, 5.41) is 2.90. The molecule has 0 bridgehead atoms. The van der Waals surface area contributed by atoms with Gasteiger partial charge in [0, 0.05) is 24.0 Å². The number of carbonyl (C=O) groups is 2. The molecule has 1 aliphatic rings. The minimum Gasteiger partial charge on any atom is -0.465 e. The predicted octanol–water partition coefficient (Wildman–Crippen LogP) is 4.04. The minimum absolute atomic E-state index is 0.270. The summed E-state index contributed by atoms with van der Waals surface area (Å²) in [6.07, 6.45) is 3.84. The molecule has 3 rings (SSSR count). The molecule has 1 aliphatic heterocycles. The largest absolute Gasteiger partial charge is 0.465 e. The van der Waals surface area contributed by atoms with Crippen molar-refractivity contribution in [2.24, 2.45) is 0 Å². The van der Waals surface area contributed by atoms with Gasteiger partial charge in [-0.3, -0.25) is 9.69 Å². The first-order valence-corrected chi connectivity index (χ1v) is 9.82. The number of anilines is 1. The Labute approximate surface area is 166 Å². The maximum atomic E-state index is 12.7. The molecule has 1 unspecified atom stereocenters. The van der Waals surface area contributed by atoms with Crippen molar-refractivity contribution in [3.05, 3.63) is 52.3 Å². The van der Waals surface area contributed by atoms with Crippen LogP contribution in [0.25, 0.3) is 0 Å². The molecule has 6 nitrogen and oxygen atoms in total. The van der Waals surface area contributed by atoms with E-state index in [1.807, 2.05) is 12.1 Å². The average Bonchev–Trinajstić information content (AvgIpc) is 2.99. The molecule has 0 spiro atoms. The number of likely N-dealkylation sites (tertiary alicyclic amines) is 1. The molecule has 28 heavy (non-hydrogen) atoms. The van der Waals surface area contributed by atoms with E-state index >= 15 is 0 Å². The van der Waals surface area contributed by atoms with Gasteiger partial charge in [0.25, 0.3) is 5.91 Å². The van der Waals surface area contributed by atoms with Gasteiger partial charge in [0.15, 0.2) is 0 Å². The standard InChI is InChI=1S/C22H29N3O3/c1-14-7-5-6-12-25(14)13-17-8-10-18(11-9-17)24-21(26)20-15(2)19(16(3)23-20)22(27)28-4/h8-11,14,23H,5-7,12-13H2,1-4H3,(H,24,26). The molecule has 0 aliphatic carbocycles. The van der Waals surface area contributed by atoms with E-state index in [-0.39, 0.29) is 5.91 Å². The third-order valence-electron chi connectivity index (χ3n) is 5.59. The molecular formula is C22H29N3O3. The van der Waals surface area contributed by atoms with E-state index in [1.54, 1.807) is 13.8 Å². The van der Waals surface area contributed by atoms with Crippen LogP contribution in [0.2, 0.25) is 0 Å². The average molecular weight is 383 g/mol. The van der Waals surface area contributed by atoms with E-state index < -0.39 is 5.97 Å². The summed E-state index contributed by atoms with van der Waals surface area (Å²) in [5.74, 6) is -0.713. The Hall–Kier alpha value is -2.60. The molecule has 1 atom stereocenters. The van der Waals surface area contributed by atoms with Crippen molar-refractivity contribution in [2.75, 3.05) is 19.0 Å². The number of hydrogen-bond acceptors (Lipinski definition) is 4. The maximum Gasteiger partial charge on any atom is 0.339 e. The van der Waals surface area contributed by atoms with Crippen molar-refractivity contribution < 1.29 is 14.3 Å². The van der Waals surface area contributed by atoms with Crippen molar-refractivity contribution >= 4 is 17.6 Å². The summed E-state index contributed by atoms with van der Waals surface area (Å²) < 4.78 is 4.80. The first kappa shape index (κ1) is 20.1. The zero-order valence-electron chi connectivity index (χ0n) is 17.1. The third-order valence-corrected chi connectivity index (χ3v) is 5.59. The van der Waals surface area contributed by atoms with E-state index in [4.69, 9.17) is 4.74 Å². The van der Waals surface area contributed by atoms with Crippen LogP contribution in [0, 0.1) is 13.8 Å². The maximum absolute atomic E-state index is 12.7. The zero-order chi connectivity index (χ0) is 20.3. The molecule has 0 radical (unpaired) electrons. The number of benzene rings is 1. The van der Waals surface area contributed by atoms with E-state index in [0.717, 1.165) is 18.8 Å². The molecule has 6 heteroatoms. The number of H-pyrrole nitrogens is 1. The summed E-state index contributed by atoms with van der Waals surface area (Å²) in [6.45, 7) is 7.87. The minimum atomic E-state index is -0.443.